The molecule has 6 nitrogen and oxygen atoms in total. The van der Waals surface area contributed by atoms with Crippen LogP contribution in [0.2, 0.25) is 0 Å². The van der Waals surface area contributed by atoms with Crippen LogP contribution in [0.15, 0.2) is 67.0 Å². The largest absolute Gasteiger partial charge is 0.497 e. The SMILES string of the molecule is COc1cccc(C(CC(=O)O)N(Cc2ccc(C)cc2)C(=O)c2cnccc2C)c1. The molecule has 1 unspecified atom stereocenters. The van der Waals surface area contributed by atoms with E-state index in [4.69, 9.17) is 4.74 Å². The maximum absolute atomic E-state index is 13.6. The van der Waals surface area contributed by atoms with E-state index in [0.29, 0.717) is 16.9 Å². The number of aromatic nitrogens is 1. The molecule has 0 fully saturated rings. The second-order valence-corrected chi connectivity index (χ2v) is 7.50. The summed E-state index contributed by atoms with van der Waals surface area (Å²) in [6.45, 7) is 4.11. The minimum Gasteiger partial charge on any atom is -0.497 e. The van der Waals surface area contributed by atoms with Crippen LogP contribution >= 0.6 is 0 Å². The van der Waals surface area contributed by atoms with E-state index in [9.17, 15) is 14.7 Å². The van der Waals surface area contributed by atoms with Gasteiger partial charge < -0.3 is 14.7 Å². The Morgan fingerprint density at radius 1 is 1.10 bits per heavy atom. The molecule has 0 saturated heterocycles. The number of carbonyl (C=O) groups excluding carboxylic acids is 1. The minimum absolute atomic E-state index is 0.232. The van der Waals surface area contributed by atoms with Gasteiger partial charge in [-0.25, -0.2) is 0 Å². The van der Waals surface area contributed by atoms with Crippen LogP contribution in [0.25, 0.3) is 0 Å². The number of hydrogen-bond acceptors (Lipinski definition) is 4. The summed E-state index contributed by atoms with van der Waals surface area (Å²) in [5.41, 5.74) is 3.96. The van der Waals surface area contributed by atoms with Crippen LogP contribution in [-0.2, 0) is 11.3 Å². The zero-order valence-corrected chi connectivity index (χ0v) is 17.9. The van der Waals surface area contributed by atoms with Crippen molar-refractivity contribution in [3.63, 3.8) is 0 Å². The first kappa shape index (κ1) is 22.0. The molecule has 1 atom stereocenters. The molecule has 0 aliphatic carbocycles. The van der Waals surface area contributed by atoms with E-state index in [1.54, 1.807) is 42.5 Å². The summed E-state index contributed by atoms with van der Waals surface area (Å²) in [5, 5.41) is 9.65. The summed E-state index contributed by atoms with van der Waals surface area (Å²) in [7, 11) is 1.56. The smallest absolute Gasteiger partial charge is 0.305 e. The third-order valence-corrected chi connectivity index (χ3v) is 5.23. The van der Waals surface area contributed by atoms with Crippen LogP contribution in [0.4, 0.5) is 0 Å². The van der Waals surface area contributed by atoms with E-state index in [-0.39, 0.29) is 18.9 Å². The van der Waals surface area contributed by atoms with E-state index < -0.39 is 12.0 Å². The summed E-state index contributed by atoms with van der Waals surface area (Å²) in [4.78, 5) is 31.1. The fraction of sp³-hybridized carbons (Fsp3) is 0.240. The van der Waals surface area contributed by atoms with Crippen molar-refractivity contribution in [3.8, 4) is 5.75 Å². The Morgan fingerprint density at radius 3 is 2.48 bits per heavy atom. The van der Waals surface area contributed by atoms with Crippen LogP contribution in [0.5, 0.6) is 5.75 Å². The van der Waals surface area contributed by atoms with E-state index in [0.717, 1.165) is 16.7 Å². The lowest BCUT2D eigenvalue weighted by molar-refractivity contribution is -0.138. The highest BCUT2D eigenvalue weighted by molar-refractivity contribution is 5.95. The van der Waals surface area contributed by atoms with Gasteiger partial charge in [-0.2, -0.15) is 0 Å². The molecule has 2 aromatic carbocycles. The molecule has 0 radical (unpaired) electrons. The maximum atomic E-state index is 13.6. The Labute approximate surface area is 182 Å². The van der Waals surface area contributed by atoms with Crippen LogP contribution in [0.1, 0.15) is 45.1 Å². The summed E-state index contributed by atoms with van der Waals surface area (Å²) in [6, 6.07) is 16.1. The molecule has 3 rings (SSSR count). The highest BCUT2D eigenvalue weighted by Gasteiger charge is 2.29. The van der Waals surface area contributed by atoms with E-state index in [2.05, 4.69) is 4.98 Å². The van der Waals surface area contributed by atoms with Crippen molar-refractivity contribution in [1.82, 2.24) is 9.88 Å². The van der Waals surface area contributed by atoms with Crippen molar-refractivity contribution < 1.29 is 19.4 Å². The van der Waals surface area contributed by atoms with Gasteiger partial charge in [-0.3, -0.25) is 14.6 Å². The lowest BCUT2D eigenvalue weighted by Crippen LogP contribution is -2.36. The average molecular weight is 418 g/mol. The molecular weight excluding hydrogens is 392 g/mol. The standard InChI is InChI=1S/C25H26N2O4/c1-17-7-9-19(10-8-17)16-27(25(30)22-15-26-12-11-18(22)2)23(14-24(28)29)20-5-4-6-21(13-20)31-3/h4-13,15,23H,14,16H2,1-3H3,(H,28,29). The Bertz CT molecular complexity index is 1060. The van der Waals surface area contributed by atoms with E-state index in [1.807, 2.05) is 44.2 Å². The average Bonchev–Trinajstić information content (AvgIpc) is 2.77. The fourth-order valence-corrected chi connectivity index (χ4v) is 3.48. The normalized spacial score (nSPS) is 11.6. The predicted octanol–water partition coefficient (Wildman–Crippen LogP) is 4.57. The predicted molar refractivity (Wildman–Crippen MR) is 118 cm³/mol. The number of pyridine rings is 1. The Balaban J connectivity index is 2.09. The van der Waals surface area contributed by atoms with Gasteiger partial charge in [-0.05, 0) is 48.7 Å². The summed E-state index contributed by atoms with van der Waals surface area (Å²) >= 11 is 0. The zero-order chi connectivity index (χ0) is 22.4. The molecule has 0 spiro atoms. The number of rotatable bonds is 8. The molecule has 31 heavy (non-hydrogen) atoms. The number of nitrogens with zero attached hydrogens (tertiary/aromatic N) is 2. The van der Waals surface area contributed by atoms with Crippen molar-refractivity contribution in [2.45, 2.75) is 32.9 Å². The Hall–Kier alpha value is -3.67. The third-order valence-electron chi connectivity index (χ3n) is 5.23. The second kappa shape index (κ2) is 9.89. The van der Waals surface area contributed by atoms with E-state index >= 15 is 0 Å². The first-order valence-corrected chi connectivity index (χ1v) is 10.0. The molecule has 0 saturated carbocycles. The van der Waals surface area contributed by atoms with Crippen molar-refractivity contribution in [2.24, 2.45) is 0 Å². The maximum Gasteiger partial charge on any atom is 0.305 e. The van der Waals surface area contributed by atoms with Crippen molar-refractivity contribution in [1.29, 1.82) is 0 Å². The highest BCUT2D eigenvalue weighted by Crippen LogP contribution is 2.31. The third kappa shape index (κ3) is 5.48. The van der Waals surface area contributed by atoms with Gasteiger partial charge in [0, 0.05) is 18.9 Å². The van der Waals surface area contributed by atoms with Crippen LogP contribution in [0, 0.1) is 13.8 Å². The van der Waals surface area contributed by atoms with Gasteiger partial charge in [0.2, 0.25) is 0 Å². The Kier molecular flexibility index (Phi) is 7.03. The topological polar surface area (TPSA) is 79.7 Å². The summed E-state index contributed by atoms with van der Waals surface area (Å²) in [5.74, 6) is -0.647. The van der Waals surface area contributed by atoms with Crippen LogP contribution < -0.4 is 4.74 Å². The molecule has 3 aromatic rings. The molecule has 6 heteroatoms. The van der Waals surface area contributed by atoms with Gasteiger partial charge in [0.1, 0.15) is 5.75 Å². The number of carboxylic acids is 1. The number of ether oxygens (including phenoxy) is 1. The zero-order valence-electron chi connectivity index (χ0n) is 17.9. The van der Waals surface area contributed by atoms with Gasteiger partial charge >= 0.3 is 5.97 Å². The molecule has 160 valence electrons. The van der Waals surface area contributed by atoms with Gasteiger partial charge in [0.25, 0.3) is 5.91 Å². The molecular formula is C25H26N2O4. The molecule has 1 N–H and O–H groups in total. The van der Waals surface area contributed by atoms with Crippen molar-refractivity contribution >= 4 is 11.9 Å². The van der Waals surface area contributed by atoms with Crippen LogP contribution in [0.3, 0.4) is 0 Å². The van der Waals surface area contributed by atoms with Crippen molar-refractivity contribution in [3.05, 3.63) is 94.8 Å². The first-order chi connectivity index (χ1) is 14.9. The molecule has 0 bridgehead atoms. The number of benzene rings is 2. The number of aliphatic carboxylic acids is 1. The lowest BCUT2D eigenvalue weighted by atomic mass is 9.98. The van der Waals surface area contributed by atoms with Gasteiger partial charge in [0.05, 0.1) is 25.1 Å². The monoisotopic (exact) mass is 418 g/mol. The number of methoxy groups -OCH3 is 1. The molecule has 1 amide bonds. The van der Waals surface area contributed by atoms with E-state index in [1.165, 1.54) is 6.20 Å². The second-order valence-electron chi connectivity index (χ2n) is 7.50. The first-order valence-electron chi connectivity index (χ1n) is 10.0. The minimum atomic E-state index is -0.988. The number of amides is 1. The summed E-state index contributed by atoms with van der Waals surface area (Å²) < 4.78 is 5.32. The number of aryl methyl sites for hydroxylation is 2. The molecule has 1 heterocycles. The molecule has 0 aliphatic rings. The highest BCUT2D eigenvalue weighted by atomic mass is 16.5. The van der Waals surface area contributed by atoms with Gasteiger partial charge in [0.15, 0.2) is 0 Å². The number of hydrogen-bond donors (Lipinski definition) is 1. The fourth-order valence-electron chi connectivity index (χ4n) is 3.48. The van der Waals surface area contributed by atoms with Crippen molar-refractivity contribution in [2.75, 3.05) is 7.11 Å². The number of carboxylic acid groups (broad SMARTS) is 1. The molecule has 1 aromatic heterocycles. The van der Waals surface area contributed by atoms with Gasteiger partial charge in [-0.1, -0.05) is 42.0 Å². The number of carbonyl (C=O) groups is 2. The quantitative estimate of drug-likeness (QED) is 0.580. The summed E-state index contributed by atoms with van der Waals surface area (Å²) in [6.07, 6.45) is 2.93. The lowest BCUT2D eigenvalue weighted by Gasteiger charge is -2.32. The van der Waals surface area contributed by atoms with Gasteiger partial charge in [-0.15, -0.1) is 0 Å². The Morgan fingerprint density at radius 2 is 1.84 bits per heavy atom. The molecule has 0 aliphatic heterocycles. The van der Waals surface area contributed by atoms with Crippen LogP contribution in [-0.4, -0.2) is 34.0 Å².